The first-order chi connectivity index (χ1) is 9.63. The second-order valence-electron chi connectivity index (χ2n) is 5.39. The van der Waals surface area contributed by atoms with Gasteiger partial charge in [-0.15, -0.1) is 11.3 Å². The van der Waals surface area contributed by atoms with Gasteiger partial charge in [0.2, 0.25) is 5.91 Å². The number of carbonyl (C=O) groups is 1. The number of aromatic nitrogens is 1. The number of thiocarbonyl (C=S) groups is 1. The van der Waals surface area contributed by atoms with E-state index in [4.69, 9.17) is 18.0 Å². The molecule has 2 N–H and O–H groups in total. The molecule has 1 aliphatic heterocycles. The van der Waals surface area contributed by atoms with E-state index in [-0.39, 0.29) is 5.91 Å². The van der Waals surface area contributed by atoms with Gasteiger partial charge in [0, 0.05) is 37.8 Å². The Labute approximate surface area is 127 Å². The molecule has 1 amide bonds. The van der Waals surface area contributed by atoms with Gasteiger partial charge in [-0.2, -0.15) is 0 Å². The number of nitrogens with two attached hydrogens (primary N) is 1. The number of amides is 1. The number of carbonyl (C=O) groups excluding carboxylic acids is 1. The summed E-state index contributed by atoms with van der Waals surface area (Å²) in [5.74, 6) is 0.134. The van der Waals surface area contributed by atoms with E-state index in [0.29, 0.717) is 4.99 Å². The second kappa shape index (κ2) is 5.29. The third-order valence-electron chi connectivity index (χ3n) is 4.34. The zero-order valence-corrected chi connectivity index (χ0v) is 12.9. The van der Waals surface area contributed by atoms with Crippen LogP contribution in [0, 0.1) is 5.41 Å². The van der Waals surface area contributed by atoms with Crippen molar-refractivity contribution < 1.29 is 4.79 Å². The lowest BCUT2D eigenvalue weighted by molar-refractivity contribution is -0.142. The van der Waals surface area contributed by atoms with Crippen LogP contribution in [0.3, 0.4) is 0 Å². The second-order valence-corrected chi connectivity index (χ2v) is 6.71. The van der Waals surface area contributed by atoms with Crippen molar-refractivity contribution in [1.82, 2.24) is 9.88 Å². The van der Waals surface area contributed by atoms with Crippen molar-refractivity contribution >= 4 is 39.6 Å². The summed E-state index contributed by atoms with van der Waals surface area (Å²) < 4.78 is 0. The lowest BCUT2D eigenvalue weighted by Gasteiger charge is -2.45. The SMILES string of the molecule is NC(=S)C1(C(=O)N2CCN(c3nccs3)CC2)CCC1. The Hall–Kier alpha value is -1.21. The lowest BCUT2D eigenvalue weighted by atomic mass is 9.67. The van der Waals surface area contributed by atoms with Crippen LogP contribution in [0.5, 0.6) is 0 Å². The molecule has 5 nitrogen and oxygen atoms in total. The summed E-state index contributed by atoms with van der Waals surface area (Å²) in [6.07, 6.45) is 4.48. The zero-order valence-electron chi connectivity index (χ0n) is 11.2. The van der Waals surface area contributed by atoms with Gasteiger partial charge >= 0.3 is 0 Å². The number of anilines is 1. The van der Waals surface area contributed by atoms with E-state index >= 15 is 0 Å². The lowest BCUT2D eigenvalue weighted by Crippen LogP contribution is -2.58. The number of rotatable bonds is 3. The van der Waals surface area contributed by atoms with Crippen LogP contribution in [0.2, 0.25) is 0 Å². The predicted molar refractivity (Wildman–Crippen MR) is 84.0 cm³/mol. The highest BCUT2D eigenvalue weighted by Gasteiger charge is 2.49. The van der Waals surface area contributed by atoms with Crippen molar-refractivity contribution in [2.45, 2.75) is 19.3 Å². The largest absolute Gasteiger partial charge is 0.392 e. The monoisotopic (exact) mass is 310 g/mol. The Bertz CT molecular complexity index is 504. The molecule has 20 heavy (non-hydrogen) atoms. The summed E-state index contributed by atoms with van der Waals surface area (Å²) in [5.41, 5.74) is 5.27. The topological polar surface area (TPSA) is 62.5 Å². The third kappa shape index (κ3) is 2.18. The fourth-order valence-electron chi connectivity index (χ4n) is 2.87. The standard InChI is InChI=1S/C13H18N4OS2/c14-10(19)13(2-1-3-13)11(18)16-5-7-17(8-6-16)12-15-4-9-20-12/h4,9H,1-3,5-8H2,(H2,14,19). The van der Waals surface area contributed by atoms with Crippen molar-refractivity contribution in [2.24, 2.45) is 11.1 Å². The first kappa shape index (κ1) is 13.8. The summed E-state index contributed by atoms with van der Waals surface area (Å²) >= 11 is 6.76. The van der Waals surface area contributed by atoms with E-state index in [1.165, 1.54) is 0 Å². The minimum atomic E-state index is -0.543. The molecule has 0 unspecified atom stereocenters. The average Bonchev–Trinajstić information content (AvgIpc) is 2.91. The molecule has 1 aromatic heterocycles. The van der Waals surface area contributed by atoms with Gasteiger partial charge in [-0.25, -0.2) is 4.98 Å². The summed E-state index contributed by atoms with van der Waals surface area (Å²) in [5, 5.41) is 3.01. The van der Waals surface area contributed by atoms with Crippen molar-refractivity contribution in [3.05, 3.63) is 11.6 Å². The van der Waals surface area contributed by atoms with Crippen LogP contribution in [-0.4, -0.2) is 47.0 Å². The molecule has 3 rings (SSSR count). The minimum absolute atomic E-state index is 0.134. The molecule has 108 valence electrons. The van der Waals surface area contributed by atoms with E-state index in [2.05, 4.69) is 9.88 Å². The third-order valence-corrected chi connectivity index (χ3v) is 5.57. The van der Waals surface area contributed by atoms with Crippen LogP contribution in [-0.2, 0) is 4.79 Å². The molecule has 7 heteroatoms. The Kier molecular flexibility index (Phi) is 3.64. The molecule has 0 atom stereocenters. The van der Waals surface area contributed by atoms with Gasteiger partial charge < -0.3 is 15.5 Å². The molecule has 1 saturated carbocycles. The Balaban J connectivity index is 1.63. The summed E-state index contributed by atoms with van der Waals surface area (Å²) in [4.78, 5) is 21.5. The number of thiazole rings is 1. The van der Waals surface area contributed by atoms with Crippen LogP contribution >= 0.6 is 23.6 Å². The van der Waals surface area contributed by atoms with Crippen molar-refractivity contribution in [3.63, 3.8) is 0 Å². The van der Waals surface area contributed by atoms with Crippen LogP contribution in [0.1, 0.15) is 19.3 Å². The molecule has 1 aliphatic carbocycles. The van der Waals surface area contributed by atoms with Gasteiger partial charge in [-0.3, -0.25) is 4.79 Å². The fourth-order valence-corrected chi connectivity index (χ4v) is 3.86. The predicted octanol–water partition coefficient (Wildman–Crippen LogP) is 1.25. The van der Waals surface area contributed by atoms with E-state index in [0.717, 1.165) is 50.6 Å². The maximum absolute atomic E-state index is 12.7. The number of hydrogen-bond acceptors (Lipinski definition) is 5. The fraction of sp³-hybridized carbons (Fsp3) is 0.615. The van der Waals surface area contributed by atoms with Crippen molar-refractivity contribution in [1.29, 1.82) is 0 Å². The normalized spacial score (nSPS) is 21.4. The van der Waals surface area contributed by atoms with Gasteiger partial charge in [0.25, 0.3) is 0 Å². The van der Waals surface area contributed by atoms with Crippen molar-refractivity contribution in [2.75, 3.05) is 31.1 Å². The smallest absolute Gasteiger partial charge is 0.235 e. The van der Waals surface area contributed by atoms with Gasteiger partial charge in [0.1, 0.15) is 0 Å². The van der Waals surface area contributed by atoms with E-state index in [1.54, 1.807) is 11.3 Å². The molecule has 0 aromatic carbocycles. The quantitative estimate of drug-likeness (QED) is 0.851. The molecule has 1 aromatic rings. The van der Waals surface area contributed by atoms with Gasteiger partial charge in [0.05, 0.1) is 10.4 Å². The molecular formula is C13H18N4OS2. The Morgan fingerprint density at radius 3 is 2.50 bits per heavy atom. The molecule has 0 bridgehead atoms. The number of hydrogen-bond donors (Lipinski definition) is 1. The highest BCUT2D eigenvalue weighted by molar-refractivity contribution is 7.80. The summed E-state index contributed by atoms with van der Waals surface area (Å²) in [7, 11) is 0. The highest BCUT2D eigenvalue weighted by Crippen LogP contribution is 2.43. The highest BCUT2D eigenvalue weighted by atomic mass is 32.1. The minimum Gasteiger partial charge on any atom is -0.392 e. The number of nitrogens with zero attached hydrogens (tertiary/aromatic N) is 3. The molecular weight excluding hydrogens is 292 g/mol. The first-order valence-corrected chi connectivity index (χ1v) is 8.16. The maximum atomic E-state index is 12.7. The summed E-state index contributed by atoms with van der Waals surface area (Å²) in [6.45, 7) is 3.10. The first-order valence-electron chi connectivity index (χ1n) is 6.87. The average molecular weight is 310 g/mol. The van der Waals surface area contributed by atoms with Crippen LogP contribution in [0.15, 0.2) is 11.6 Å². The maximum Gasteiger partial charge on any atom is 0.235 e. The van der Waals surface area contributed by atoms with Crippen LogP contribution in [0.25, 0.3) is 0 Å². The molecule has 0 radical (unpaired) electrons. The van der Waals surface area contributed by atoms with E-state index in [1.807, 2.05) is 16.5 Å². The van der Waals surface area contributed by atoms with Crippen molar-refractivity contribution in [3.8, 4) is 0 Å². The number of piperazine rings is 1. The van der Waals surface area contributed by atoms with Gasteiger partial charge in [0.15, 0.2) is 5.13 Å². The van der Waals surface area contributed by atoms with Crippen LogP contribution < -0.4 is 10.6 Å². The van der Waals surface area contributed by atoms with E-state index in [9.17, 15) is 4.79 Å². The van der Waals surface area contributed by atoms with Gasteiger partial charge in [-0.1, -0.05) is 18.6 Å². The molecule has 2 aliphatic rings. The van der Waals surface area contributed by atoms with Crippen LogP contribution in [0.4, 0.5) is 5.13 Å². The van der Waals surface area contributed by atoms with E-state index < -0.39 is 5.41 Å². The molecule has 0 spiro atoms. The zero-order chi connectivity index (χ0) is 14.2. The molecule has 2 fully saturated rings. The summed E-state index contributed by atoms with van der Waals surface area (Å²) in [6, 6.07) is 0. The molecule has 2 heterocycles. The Morgan fingerprint density at radius 2 is 2.05 bits per heavy atom. The Morgan fingerprint density at radius 1 is 1.35 bits per heavy atom. The molecule has 1 saturated heterocycles. The van der Waals surface area contributed by atoms with Gasteiger partial charge in [-0.05, 0) is 12.8 Å².